The van der Waals surface area contributed by atoms with Crippen LogP contribution >= 0.6 is 22.7 Å². The first kappa shape index (κ1) is 61.7. The molecule has 2 spiro atoms. The van der Waals surface area contributed by atoms with Gasteiger partial charge in [-0.05, 0) is 102 Å². The summed E-state index contributed by atoms with van der Waals surface area (Å²) in [6.45, 7) is 10.1. The second-order valence-electron chi connectivity index (χ2n) is 19.4. The van der Waals surface area contributed by atoms with E-state index in [4.69, 9.17) is 18.9 Å². The van der Waals surface area contributed by atoms with Crippen molar-refractivity contribution < 1.29 is 77.4 Å². The number of methoxy groups -OCH3 is 2. The van der Waals surface area contributed by atoms with Crippen molar-refractivity contribution in [1.82, 2.24) is 39.5 Å². The van der Waals surface area contributed by atoms with Crippen molar-refractivity contribution in [1.29, 1.82) is 0 Å². The van der Waals surface area contributed by atoms with Gasteiger partial charge in [0.15, 0.2) is 32.9 Å². The zero-order valence-corrected chi connectivity index (χ0v) is 48.5. The summed E-state index contributed by atoms with van der Waals surface area (Å²) >= 11 is 2.27. The van der Waals surface area contributed by atoms with Gasteiger partial charge in [-0.1, -0.05) is 34.8 Å². The average molecular weight is 1160 g/mol. The van der Waals surface area contributed by atoms with Gasteiger partial charge in [0, 0.05) is 77.8 Å². The molecule has 2 aliphatic heterocycles. The summed E-state index contributed by atoms with van der Waals surface area (Å²) in [5.41, 5.74) is -0.823. The van der Waals surface area contributed by atoms with E-state index in [1.807, 2.05) is 61.6 Å². The second-order valence-corrected chi connectivity index (χ2v) is 21.6. The van der Waals surface area contributed by atoms with Crippen LogP contribution in [-0.4, -0.2) is 130 Å². The Kier molecular flexibility index (Phi) is 19.7. The van der Waals surface area contributed by atoms with E-state index in [1.165, 1.54) is 38.5 Å². The molecule has 0 atom stereocenters. The van der Waals surface area contributed by atoms with E-state index < -0.39 is 45.5 Å². The van der Waals surface area contributed by atoms with Gasteiger partial charge in [-0.2, -0.15) is 0 Å². The Morgan fingerprint density at radius 3 is 1.26 bits per heavy atom. The minimum atomic E-state index is -0.674. The summed E-state index contributed by atoms with van der Waals surface area (Å²) in [7, 11) is 6.56. The topological polar surface area (TPSA) is 180 Å². The summed E-state index contributed by atoms with van der Waals surface area (Å²) in [5.74, 6) is -3.34. The molecule has 6 aromatic rings. The Balaban J connectivity index is 0.000000225. The van der Waals surface area contributed by atoms with Crippen molar-refractivity contribution in [3.05, 3.63) is 125 Å². The number of rotatable bonds is 14. The maximum Gasteiger partial charge on any atom is 1.00 e. The summed E-state index contributed by atoms with van der Waals surface area (Å²) in [6.07, 6.45) is 9.79. The molecule has 0 saturated heterocycles. The van der Waals surface area contributed by atoms with Gasteiger partial charge in [0.05, 0.1) is 37.6 Å². The predicted octanol–water partition coefficient (Wildman–Crippen LogP) is 1.93. The Hall–Kier alpha value is -5.87. The molecule has 80 heavy (non-hydrogen) atoms. The smallest absolute Gasteiger partial charge is 1.00 e. The molecular formula is C54H62ClF4LiN10O8S2. The van der Waals surface area contributed by atoms with Crippen LogP contribution in [0.1, 0.15) is 121 Å². The van der Waals surface area contributed by atoms with Crippen molar-refractivity contribution in [3.8, 4) is 32.6 Å². The first-order chi connectivity index (χ1) is 37.5. The molecular weight excluding hydrogens is 1100 g/mol. The maximum absolute atomic E-state index is 14.2. The molecule has 2 amide bonds. The van der Waals surface area contributed by atoms with Crippen LogP contribution in [0.2, 0.25) is 0 Å². The van der Waals surface area contributed by atoms with Crippen molar-refractivity contribution in [3.63, 3.8) is 0 Å². The molecule has 4 aromatic heterocycles. The van der Waals surface area contributed by atoms with Crippen LogP contribution < -0.4 is 61.6 Å². The Labute approximate surface area is 486 Å². The Morgan fingerprint density at radius 2 is 0.950 bits per heavy atom. The third kappa shape index (κ3) is 11.2. The molecule has 2 aliphatic carbocycles. The van der Waals surface area contributed by atoms with Gasteiger partial charge in [-0.15, -0.1) is 20.4 Å². The quantitative estimate of drug-likeness (QED) is 0.114. The zero-order chi connectivity index (χ0) is 55.8. The number of ether oxygens (including phenoxy) is 4. The monoisotopic (exact) mass is 1160 g/mol. The molecule has 0 bridgehead atoms. The fraction of sp³-hybridized carbons (Fsp3) is 0.481. The van der Waals surface area contributed by atoms with Gasteiger partial charge in [0.1, 0.15) is 44.6 Å². The number of carbonyl (C=O) groups is 2. The van der Waals surface area contributed by atoms with Gasteiger partial charge in [0.2, 0.25) is 10.9 Å². The standard InChI is InChI=1S/2C27H31F2N5O4S.ClH.Li/c2*1-5-33-26(36)22-24(37-4)23(35)19(15-34(22)32(3)27(33)11-9-18(10-12-27)38-6-2)25-31-30-21(39-25)13-16-7-8-17(28)14-20(16)29;;/h2*7-8,14-15,18H,5-6,9-13H2,1-4H3;1H;/q;;;+1/p-1. The molecule has 10 rings (SSSR count). The molecule has 2 aromatic carbocycles. The number of aromatic nitrogens is 6. The van der Waals surface area contributed by atoms with Crippen LogP contribution in [0.4, 0.5) is 17.6 Å². The van der Waals surface area contributed by atoms with Crippen LogP contribution in [0.25, 0.3) is 21.1 Å². The third-order valence-corrected chi connectivity index (χ3v) is 17.4. The number of hydrogen-bond donors (Lipinski definition) is 0. The van der Waals surface area contributed by atoms with E-state index in [2.05, 4.69) is 20.4 Å². The van der Waals surface area contributed by atoms with Gasteiger partial charge in [-0.25, -0.2) is 17.6 Å². The number of hydrogen-bond acceptors (Lipinski definition) is 16. The summed E-state index contributed by atoms with van der Waals surface area (Å²) < 4.78 is 81.2. The summed E-state index contributed by atoms with van der Waals surface area (Å²) in [4.78, 5) is 58.5. The van der Waals surface area contributed by atoms with Gasteiger partial charge >= 0.3 is 18.9 Å². The van der Waals surface area contributed by atoms with Crippen LogP contribution in [0.5, 0.6) is 11.5 Å². The van der Waals surface area contributed by atoms with E-state index in [0.29, 0.717) is 72.0 Å². The molecule has 4 aliphatic rings. The van der Waals surface area contributed by atoms with Crippen LogP contribution in [-0.2, 0) is 22.3 Å². The number of benzene rings is 2. The molecule has 2 fully saturated rings. The number of amides is 2. The molecule has 0 unspecified atom stereocenters. The van der Waals surface area contributed by atoms with Crippen LogP contribution in [0.15, 0.2) is 58.4 Å². The Morgan fingerprint density at radius 1 is 0.588 bits per heavy atom. The summed E-state index contributed by atoms with van der Waals surface area (Å²) in [5, 5.41) is 22.3. The normalized spacial score (nSPS) is 20.4. The van der Waals surface area contributed by atoms with E-state index >= 15 is 0 Å². The third-order valence-electron chi connectivity index (χ3n) is 15.5. The SMILES string of the molecule is CCOC1CCC2(CC1)N(CC)C(=O)c1c(OC)c(=O)c(-c3nnc(Cc4ccc(F)cc4F)s3)cn1N2C.CCOC1CCC2(CC1)N(CC)C(=O)c1c(OC)c(=O)c(-c3nnc(Cc4ccc(F)cc4F)s3)cn1N2C.[Cl-].[Li+]. The molecule has 6 heterocycles. The fourth-order valence-corrected chi connectivity index (χ4v) is 13.3. The fourth-order valence-electron chi connectivity index (χ4n) is 11.6. The van der Waals surface area contributed by atoms with Gasteiger partial charge < -0.3 is 41.2 Å². The van der Waals surface area contributed by atoms with Crippen LogP contribution in [0, 0.1) is 23.3 Å². The van der Waals surface area contributed by atoms with E-state index in [0.717, 1.165) is 60.5 Å². The molecule has 0 radical (unpaired) electrons. The van der Waals surface area contributed by atoms with E-state index in [1.54, 1.807) is 21.7 Å². The largest absolute Gasteiger partial charge is 1.00 e. The zero-order valence-electron chi connectivity index (χ0n) is 46.1. The number of nitrogens with zero attached hydrogens (tertiary/aromatic N) is 10. The molecule has 0 N–H and O–H groups in total. The number of halogens is 5. The summed E-state index contributed by atoms with van der Waals surface area (Å²) in [6, 6.07) is 6.74. The number of pyridine rings is 2. The van der Waals surface area contributed by atoms with Gasteiger partial charge in [-0.3, -0.25) is 38.5 Å². The van der Waals surface area contributed by atoms with Crippen molar-refractivity contribution in [2.75, 3.05) is 64.6 Å². The molecule has 26 heteroatoms. The maximum atomic E-state index is 14.2. The minimum Gasteiger partial charge on any atom is -1.00 e. The second kappa shape index (κ2) is 25.5. The number of fused-ring (bicyclic) bond motifs is 2. The first-order valence-electron chi connectivity index (χ1n) is 26.0. The predicted molar refractivity (Wildman–Crippen MR) is 286 cm³/mol. The molecule has 424 valence electrons. The number of carbonyl (C=O) groups excluding carboxylic acids is 2. The van der Waals surface area contributed by atoms with E-state index in [-0.39, 0.29) is 113 Å². The van der Waals surface area contributed by atoms with E-state index in [9.17, 15) is 36.7 Å². The van der Waals surface area contributed by atoms with Crippen LogP contribution in [0.3, 0.4) is 0 Å². The average Bonchev–Trinajstić information content (AvgIpc) is 4.20. The van der Waals surface area contributed by atoms with Gasteiger partial charge in [0.25, 0.3) is 11.8 Å². The van der Waals surface area contributed by atoms with Crippen molar-refractivity contribution in [2.45, 2.75) is 115 Å². The Bertz CT molecular complexity index is 3130. The molecule has 18 nitrogen and oxygen atoms in total. The first-order valence-corrected chi connectivity index (χ1v) is 27.7. The molecule has 2 saturated carbocycles. The minimum absolute atomic E-state index is 0. The van der Waals surface area contributed by atoms with Crippen molar-refractivity contribution >= 4 is 34.5 Å². The van der Waals surface area contributed by atoms with Crippen molar-refractivity contribution in [2.24, 2.45) is 0 Å².